The van der Waals surface area contributed by atoms with Gasteiger partial charge >= 0.3 is 0 Å². The van der Waals surface area contributed by atoms with Gasteiger partial charge in [0.15, 0.2) is 10.8 Å². The smallest absolute Gasteiger partial charge is 0.276 e. The average molecular weight is 314 g/mol. The van der Waals surface area contributed by atoms with E-state index < -0.39 is 0 Å². The van der Waals surface area contributed by atoms with E-state index in [2.05, 4.69) is 25.5 Å². The first-order valence-corrected chi connectivity index (χ1v) is 7.61. The van der Waals surface area contributed by atoms with Crippen molar-refractivity contribution in [2.75, 3.05) is 5.32 Å². The second kappa shape index (κ2) is 6.02. The zero-order valence-electron chi connectivity index (χ0n) is 12.1. The number of anilines is 1. The van der Waals surface area contributed by atoms with Gasteiger partial charge < -0.3 is 9.88 Å². The summed E-state index contributed by atoms with van der Waals surface area (Å²) in [6.45, 7) is 4.07. The van der Waals surface area contributed by atoms with Crippen LogP contribution >= 0.6 is 11.3 Å². The van der Waals surface area contributed by atoms with Crippen LogP contribution in [0.5, 0.6) is 0 Å². The lowest BCUT2D eigenvalue weighted by Gasteiger charge is -2.07. The fraction of sp³-hybridized carbons (Fsp3) is 0.214. The Morgan fingerprint density at radius 2 is 2.23 bits per heavy atom. The van der Waals surface area contributed by atoms with Crippen molar-refractivity contribution in [1.29, 1.82) is 0 Å². The molecular formula is C14H14N6OS. The summed E-state index contributed by atoms with van der Waals surface area (Å²) in [5.41, 5.74) is 0.337. The van der Waals surface area contributed by atoms with Crippen LogP contribution in [0, 0.1) is 0 Å². The quantitative estimate of drug-likeness (QED) is 0.800. The maximum Gasteiger partial charge on any atom is 0.276 e. The number of carbonyl (C=O) groups excluding carboxylic acids is 1. The van der Waals surface area contributed by atoms with E-state index in [0.717, 1.165) is 0 Å². The highest BCUT2D eigenvalue weighted by atomic mass is 32.1. The minimum absolute atomic E-state index is 0.222. The first-order valence-electron chi connectivity index (χ1n) is 6.73. The van der Waals surface area contributed by atoms with Crippen LogP contribution in [0.4, 0.5) is 5.82 Å². The molecule has 0 spiro atoms. The molecule has 0 saturated heterocycles. The monoisotopic (exact) mass is 314 g/mol. The van der Waals surface area contributed by atoms with E-state index in [1.165, 1.54) is 11.3 Å². The number of carbonyl (C=O) groups is 1. The van der Waals surface area contributed by atoms with Crippen LogP contribution in [0.25, 0.3) is 10.8 Å². The van der Waals surface area contributed by atoms with Crippen molar-refractivity contribution in [2.45, 2.75) is 19.9 Å². The molecule has 22 heavy (non-hydrogen) atoms. The van der Waals surface area contributed by atoms with E-state index >= 15 is 0 Å². The minimum atomic E-state index is -0.295. The Balaban J connectivity index is 1.82. The molecule has 0 bridgehead atoms. The van der Waals surface area contributed by atoms with Gasteiger partial charge in [-0.2, -0.15) is 0 Å². The summed E-state index contributed by atoms with van der Waals surface area (Å²) in [7, 11) is 0. The molecule has 0 radical (unpaired) electrons. The number of aromatic nitrogens is 5. The molecule has 1 N–H and O–H groups in total. The SMILES string of the molecule is CC(C)n1cnnc1-c1nc(C(=O)Nc2ccccn2)cs1. The maximum absolute atomic E-state index is 12.2. The Morgan fingerprint density at radius 1 is 1.36 bits per heavy atom. The van der Waals surface area contributed by atoms with E-state index in [1.54, 1.807) is 36.1 Å². The molecular weight excluding hydrogens is 300 g/mol. The van der Waals surface area contributed by atoms with E-state index in [0.29, 0.717) is 22.3 Å². The number of nitrogens with one attached hydrogen (secondary N) is 1. The summed E-state index contributed by atoms with van der Waals surface area (Å²) in [6, 6.07) is 5.54. The standard InChI is InChI=1S/C14H14N6OS/c1-9(2)20-8-16-19-12(20)14-17-10(7-22-14)13(21)18-11-5-3-4-6-15-11/h3-9H,1-2H3,(H,15,18,21). The van der Waals surface area contributed by atoms with Crippen molar-refractivity contribution >= 4 is 23.1 Å². The molecule has 0 aliphatic rings. The molecule has 112 valence electrons. The summed E-state index contributed by atoms with van der Waals surface area (Å²) < 4.78 is 1.92. The molecule has 3 aromatic heterocycles. The predicted molar refractivity (Wildman–Crippen MR) is 83.7 cm³/mol. The lowest BCUT2D eigenvalue weighted by Crippen LogP contribution is -2.13. The number of rotatable bonds is 4. The lowest BCUT2D eigenvalue weighted by molar-refractivity contribution is 0.102. The Labute approximate surface area is 131 Å². The maximum atomic E-state index is 12.2. The molecule has 7 nitrogen and oxygen atoms in total. The molecule has 0 aliphatic heterocycles. The predicted octanol–water partition coefficient (Wildman–Crippen LogP) is 2.63. The summed E-state index contributed by atoms with van der Waals surface area (Å²) in [5, 5.41) is 13.1. The van der Waals surface area contributed by atoms with Crippen LogP contribution in [-0.2, 0) is 0 Å². The number of hydrogen-bond acceptors (Lipinski definition) is 6. The molecule has 3 aromatic rings. The van der Waals surface area contributed by atoms with Gasteiger partial charge in [-0.15, -0.1) is 21.5 Å². The van der Waals surface area contributed by atoms with Gasteiger partial charge in [0.05, 0.1) is 0 Å². The number of amides is 1. The molecule has 3 rings (SSSR count). The normalized spacial score (nSPS) is 10.9. The van der Waals surface area contributed by atoms with Gasteiger partial charge in [0.1, 0.15) is 17.8 Å². The number of pyridine rings is 1. The van der Waals surface area contributed by atoms with Crippen LogP contribution in [0.3, 0.4) is 0 Å². The van der Waals surface area contributed by atoms with Gasteiger partial charge in [0.2, 0.25) is 0 Å². The van der Waals surface area contributed by atoms with E-state index in [9.17, 15) is 4.79 Å². The van der Waals surface area contributed by atoms with Gasteiger partial charge in [-0.25, -0.2) is 9.97 Å². The number of hydrogen-bond donors (Lipinski definition) is 1. The Bertz CT molecular complexity index is 779. The molecule has 0 saturated carbocycles. The Morgan fingerprint density at radius 3 is 2.95 bits per heavy atom. The fourth-order valence-corrected chi connectivity index (χ4v) is 2.66. The molecule has 1 amide bonds. The van der Waals surface area contributed by atoms with Crippen molar-refractivity contribution in [1.82, 2.24) is 24.7 Å². The highest BCUT2D eigenvalue weighted by Gasteiger charge is 2.17. The zero-order chi connectivity index (χ0) is 15.5. The van der Waals surface area contributed by atoms with E-state index in [-0.39, 0.29) is 11.9 Å². The molecule has 8 heteroatoms. The fourth-order valence-electron chi connectivity index (χ4n) is 1.87. The summed E-state index contributed by atoms with van der Waals surface area (Å²) in [4.78, 5) is 20.6. The molecule has 0 fully saturated rings. The molecule has 0 aromatic carbocycles. The van der Waals surface area contributed by atoms with E-state index in [4.69, 9.17) is 0 Å². The van der Waals surface area contributed by atoms with Crippen molar-refractivity contribution in [2.24, 2.45) is 0 Å². The van der Waals surface area contributed by atoms with Crippen LogP contribution in [0.15, 0.2) is 36.1 Å². The first kappa shape index (κ1) is 14.3. The topological polar surface area (TPSA) is 85.6 Å². The Kier molecular flexibility index (Phi) is 3.92. The van der Waals surface area contributed by atoms with Crippen molar-refractivity contribution < 1.29 is 4.79 Å². The minimum Gasteiger partial charge on any atom is -0.309 e. The third-order valence-electron chi connectivity index (χ3n) is 2.96. The van der Waals surface area contributed by atoms with Crippen molar-refractivity contribution in [3.05, 3.63) is 41.8 Å². The van der Waals surface area contributed by atoms with Crippen LogP contribution in [0.2, 0.25) is 0 Å². The van der Waals surface area contributed by atoms with Gasteiger partial charge in [-0.1, -0.05) is 6.07 Å². The van der Waals surface area contributed by atoms with Gasteiger partial charge in [-0.3, -0.25) is 4.79 Å². The van der Waals surface area contributed by atoms with Crippen LogP contribution < -0.4 is 5.32 Å². The van der Waals surface area contributed by atoms with Gasteiger partial charge in [0, 0.05) is 17.6 Å². The number of thiazole rings is 1. The van der Waals surface area contributed by atoms with Crippen molar-refractivity contribution in [3.8, 4) is 10.8 Å². The zero-order valence-corrected chi connectivity index (χ0v) is 12.9. The number of nitrogens with zero attached hydrogens (tertiary/aromatic N) is 5. The lowest BCUT2D eigenvalue weighted by atomic mass is 10.4. The summed E-state index contributed by atoms with van der Waals surface area (Å²) in [6.07, 6.45) is 3.28. The summed E-state index contributed by atoms with van der Waals surface area (Å²) in [5.74, 6) is 0.862. The second-order valence-electron chi connectivity index (χ2n) is 4.86. The molecule has 0 atom stereocenters. The second-order valence-corrected chi connectivity index (χ2v) is 5.72. The molecule has 0 unspecified atom stereocenters. The van der Waals surface area contributed by atoms with Gasteiger partial charge in [0.25, 0.3) is 5.91 Å². The largest absolute Gasteiger partial charge is 0.309 e. The highest BCUT2D eigenvalue weighted by Crippen LogP contribution is 2.24. The third kappa shape index (κ3) is 2.86. The van der Waals surface area contributed by atoms with Crippen molar-refractivity contribution in [3.63, 3.8) is 0 Å². The van der Waals surface area contributed by atoms with E-state index in [1.807, 2.05) is 18.4 Å². The highest BCUT2D eigenvalue weighted by molar-refractivity contribution is 7.13. The third-order valence-corrected chi connectivity index (χ3v) is 3.80. The average Bonchev–Trinajstić information content (AvgIpc) is 3.17. The van der Waals surface area contributed by atoms with Gasteiger partial charge in [-0.05, 0) is 26.0 Å². The molecule has 0 aliphatic carbocycles. The Hall–Kier alpha value is -2.61. The molecule has 3 heterocycles. The van der Waals surface area contributed by atoms with Crippen LogP contribution in [0.1, 0.15) is 30.4 Å². The first-order chi connectivity index (χ1) is 10.6. The van der Waals surface area contributed by atoms with Crippen LogP contribution in [-0.4, -0.2) is 30.6 Å². The summed E-state index contributed by atoms with van der Waals surface area (Å²) >= 11 is 1.36.